The number of esters is 2. The second-order valence-corrected chi connectivity index (χ2v) is 10.4. The number of ether oxygens (including phenoxy) is 2. The molecule has 0 amide bonds. The van der Waals surface area contributed by atoms with Crippen LogP contribution in [-0.2, 0) is 28.7 Å². The molecule has 0 radical (unpaired) electrons. The number of allylic oxidation sites excluding steroid dienone is 2. The summed E-state index contributed by atoms with van der Waals surface area (Å²) < 4.78 is 11.6. The molecule has 0 aromatic rings. The van der Waals surface area contributed by atoms with Crippen molar-refractivity contribution < 1.29 is 33.8 Å². The molecule has 3 aliphatic rings. The minimum atomic E-state index is -1.17. The van der Waals surface area contributed by atoms with E-state index in [1.165, 1.54) is 6.92 Å². The molecule has 4 atom stereocenters. The molecule has 7 nitrogen and oxygen atoms in total. The molecule has 0 heterocycles. The lowest BCUT2D eigenvalue weighted by Gasteiger charge is -2.58. The first-order valence-corrected chi connectivity index (χ1v) is 11.4. The molecule has 0 aliphatic heterocycles. The fraction of sp³-hybridized carbons (Fsp3) is 0.680. The Bertz CT molecular complexity index is 936. The van der Waals surface area contributed by atoms with Gasteiger partial charge in [0, 0.05) is 41.4 Å². The monoisotopic (exact) mass is 446 g/mol. The highest BCUT2D eigenvalue weighted by Crippen LogP contribution is 2.62. The van der Waals surface area contributed by atoms with E-state index < -0.39 is 47.0 Å². The van der Waals surface area contributed by atoms with Gasteiger partial charge in [0.2, 0.25) is 11.6 Å². The summed E-state index contributed by atoms with van der Waals surface area (Å²) in [6.45, 7) is 12.3. The number of rotatable bonds is 4. The van der Waals surface area contributed by atoms with Crippen molar-refractivity contribution in [3.8, 4) is 0 Å². The summed E-state index contributed by atoms with van der Waals surface area (Å²) in [6.07, 6.45) is 0.309. The summed E-state index contributed by atoms with van der Waals surface area (Å²) in [5.74, 6) is -3.58. The van der Waals surface area contributed by atoms with Crippen molar-refractivity contribution in [3.63, 3.8) is 0 Å². The van der Waals surface area contributed by atoms with Crippen LogP contribution in [0.5, 0.6) is 0 Å². The molecule has 3 aliphatic carbocycles. The van der Waals surface area contributed by atoms with Gasteiger partial charge in [-0.3, -0.25) is 19.2 Å². The second kappa shape index (κ2) is 8.16. The lowest BCUT2D eigenvalue weighted by molar-refractivity contribution is -0.186. The number of fused-ring (bicyclic) bond motifs is 2. The summed E-state index contributed by atoms with van der Waals surface area (Å²) >= 11 is 0. The van der Waals surface area contributed by atoms with Gasteiger partial charge in [-0.05, 0) is 24.2 Å². The molecule has 0 saturated heterocycles. The van der Waals surface area contributed by atoms with Crippen LogP contribution in [0.4, 0.5) is 0 Å². The Morgan fingerprint density at radius 1 is 1.09 bits per heavy atom. The highest BCUT2D eigenvalue weighted by Gasteiger charge is 2.63. The molecule has 7 heteroatoms. The van der Waals surface area contributed by atoms with E-state index in [-0.39, 0.29) is 40.2 Å². The van der Waals surface area contributed by atoms with Gasteiger partial charge in [0.25, 0.3) is 0 Å². The van der Waals surface area contributed by atoms with Gasteiger partial charge in [0.15, 0.2) is 6.10 Å². The van der Waals surface area contributed by atoms with Crippen molar-refractivity contribution in [1.29, 1.82) is 0 Å². The van der Waals surface area contributed by atoms with Gasteiger partial charge in [-0.2, -0.15) is 0 Å². The van der Waals surface area contributed by atoms with Gasteiger partial charge in [-0.1, -0.05) is 48.0 Å². The van der Waals surface area contributed by atoms with Crippen LogP contribution in [0.2, 0.25) is 0 Å². The zero-order chi connectivity index (χ0) is 24.2. The van der Waals surface area contributed by atoms with Crippen LogP contribution in [0.3, 0.4) is 0 Å². The Morgan fingerprint density at radius 2 is 1.72 bits per heavy atom. The van der Waals surface area contributed by atoms with Crippen molar-refractivity contribution in [2.24, 2.45) is 22.7 Å². The third-order valence-electron chi connectivity index (χ3n) is 7.41. The van der Waals surface area contributed by atoms with Crippen molar-refractivity contribution in [2.45, 2.75) is 86.4 Å². The first-order valence-electron chi connectivity index (χ1n) is 11.4. The van der Waals surface area contributed by atoms with Gasteiger partial charge in [0.05, 0.1) is 0 Å². The van der Waals surface area contributed by atoms with Gasteiger partial charge in [-0.25, -0.2) is 0 Å². The molecular weight excluding hydrogens is 412 g/mol. The molecule has 0 bridgehead atoms. The molecule has 0 aromatic heterocycles. The Balaban J connectivity index is 2.39. The molecule has 1 fully saturated rings. The van der Waals surface area contributed by atoms with Gasteiger partial charge in [0.1, 0.15) is 11.9 Å². The molecule has 176 valence electrons. The largest absolute Gasteiger partial charge is 0.507 e. The second-order valence-electron chi connectivity index (χ2n) is 10.4. The van der Waals surface area contributed by atoms with E-state index in [4.69, 9.17) is 9.47 Å². The maximum atomic E-state index is 13.5. The first-order chi connectivity index (χ1) is 14.8. The minimum Gasteiger partial charge on any atom is -0.507 e. The minimum absolute atomic E-state index is 0.00332. The van der Waals surface area contributed by atoms with Crippen molar-refractivity contribution in [2.75, 3.05) is 0 Å². The third-order valence-corrected chi connectivity index (χ3v) is 7.41. The zero-order valence-electron chi connectivity index (χ0n) is 20.0. The van der Waals surface area contributed by atoms with Crippen LogP contribution < -0.4 is 0 Å². The molecule has 0 spiro atoms. The lowest BCUT2D eigenvalue weighted by atomic mass is 9.47. The van der Waals surface area contributed by atoms with Gasteiger partial charge >= 0.3 is 11.9 Å². The number of hydrogen-bond donors (Lipinski definition) is 1. The molecule has 1 unspecified atom stereocenters. The predicted molar refractivity (Wildman–Crippen MR) is 116 cm³/mol. The average molecular weight is 447 g/mol. The van der Waals surface area contributed by atoms with Gasteiger partial charge in [-0.15, -0.1) is 0 Å². The topological polar surface area (TPSA) is 107 Å². The number of aliphatic hydroxyl groups excluding tert-OH is 1. The summed E-state index contributed by atoms with van der Waals surface area (Å²) in [4.78, 5) is 51.1. The van der Waals surface area contributed by atoms with Crippen LogP contribution in [0.1, 0.15) is 74.1 Å². The van der Waals surface area contributed by atoms with E-state index in [1.807, 2.05) is 20.8 Å². The van der Waals surface area contributed by atoms with E-state index in [0.29, 0.717) is 6.42 Å². The van der Waals surface area contributed by atoms with Crippen LogP contribution in [-0.4, -0.2) is 40.8 Å². The van der Waals surface area contributed by atoms with E-state index in [9.17, 15) is 24.3 Å². The number of aliphatic hydroxyl groups is 1. The van der Waals surface area contributed by atoms with E-state index in [0.717, 1.165) is 12.8 Å². The maximum Gasteiger partial charge on any atom is 0.305 e. The fourth-order valence-electron chi connectivity index (χ4n) is 6.29. The molecule has 1 N–H and O–H groups in total. The average Bonchev–Trinajstić information content (AvgIpc) is 2.66. The zero-order valence-corrected chi connectivity index (χ0v) is 20.0. The number of carbonyl (C=O) groups is 4. The van der Waals surface area contributed by atoms with E-state index in [1.54, 1.807) is 20.8 Å². The first kappa shape index (κ1) is 24.2. The third kappa shape index (κ3) is 3.59. The maximum absolute atomic E-state index is 13.5. The van der Waals surface area contributed by atoms with E-state index in [2.05, 4.69) is 0 Å². The number of hydrogen-bond acceptors (Lipinski definition) is 7. The highest BCUT2D eigenvalue weighted by atomic mass is 16.6. The number of carbonyl (C=O) groups excluding carboxylic acids is 4. The van der Waals surface area contributed by atoms with Crippen LogP contribution in [0.15, 0.2) is 22.5 Å². The molecule has 1 saturated carbocycles. The smallest absolute Gasteiger partial charge is 0.305 e. The lowest BCUT2D eigenvalue weighted by Crippen LogP contribution is -2.61. The van der Waals surface area contributed by atoms with Crippen molar-refractivity contribution in [1.82, 2.24) is 0 Å². The standard InChI is InChI=1S/C25H34O7/c1-8-14(27)32-22-21(31-13(4)26)16-17(20(30)19(29)15(12(2)3)18(16)28)25(7)11-9-10-24(5,6)23(22)25/h12,21-23,28H,8-11H2,1-7H3/t21?,22-,23+,25-/m1/s1. The SMILES string of the molecule is CCC(=O)O[C@@H]1C(OC(C)=O)C2=C(C(=O)C(=O)C(C(C)C)=C2O)[C@@]2(C)CCCC(C)(C)[C@H]12. The Morgan fingerprint density at radius 3 is 2.25 bits per heavy atom. The summed E-state index contributed by atoms with van der Waals surface area (Å²) in [5.41, 5.74) is -0.862. The Kier molecular flexibility index (Phi) is 6.17. The van der Waals surface area contributed by atoms with Crippen LogP contribution in [0, 0.1) is 22.7 Å². The Hall–Kier alpha value is -2.44. The highest BCUT2D eigenvalue weighted by molar-refractivity contribution is 6.50. The van der Waals surface area contributed by atoms with Crippen molar-refractivity contribution >= 4 is 23.5 Å². The summed E-state index contributed by atoms with van der Waals surface area (Å²) in [5, 5.41) is 11.3. The fourth-order valence-corrected chi connectivity index (χ4v) is 6.29. The van der Waals surface area contributed by atoms with Crippen LogP contribution >= 0.6 is 0 Å². The van der Waals surface area contributed by atoms with Crippen molar-refractivity contribution in [3.05, 3.63) is 22.5 Å². The predicted octanol–water partition coefficient (Wildman–Crippen LogP) is 4.00. The molecule has 32 heavy (non-hydrogen) atoms. The molecular formula is C25H34O7. The molecule has 3 rings (SSSR count). The van der Waals surface area contributed by atoms with Gasteiger partial charge < -0.3 is 14.6 Å². The summed E-state index contributed by atoms with van der Waals surface area (Å²) in [6, 6.07) is 0. The normalized spacial score (nSPS) is 31.9. The summed E-state index contributed by atoms with van der Waals surface area (Å²) in [7, 11) is 0. The number of ketones is 2. The number of Topliss-reactive ketones (excluding diaryl/α,β-unsaturated/α-hetero) is 2. The quantitative estimate of drug-likeness (QED) is 0.395. The van der Waals surface area contributed by atoms with Crippen LogP contribution in [0.25, 0.3) is 0 Å². The van der Waals surface area contributed by atoms with E-state index >= 15 is 0 Å². The molecule has 0 aromatic carbocycles. The Labute approximate surface area is 189 Å².